The summed E-state index contributed by atoms with van der Waals surface area (Å²) < 4.78 is 20.3. The Morgan fingerprint density at radius 3 is 2.67 bits per heavy atom. The number of piperidine rings is 2. The largest absolute Gasteiger partial charge is 0.487 e. The van der Waals surface area contributed by atoms with Crippen LogP contribution in [0, 0.1) is 11.7 Å². The van der Waals surface area contributed by atoms with E-state index in [-0.39, 0.29) is 24.3 Å². The van der Waals surface area contributed by atoms with Crippen LogP contribution in [-0.2, 0) is 0 Å². The lowest BCUT2D eigenvalue weighted by Gasteiger charge is -2.33. The quantitative estimate of drug-likeness (QED) is 0.832. The van der Waals surface area contributed by atoms with Gasteiger partial charge in [-0.15, -0.1) is 12.4 Å². The number of ether oxygens (including phenoxy) is 1. The lowest BCUT2D eigenvalue weighted by atomic mass is 9.94. The summed E-state index contributed by atoms with van der Waals surface area (Å²) in [5.74, 6) is 0.960. The second-order valence-corrected chi connectivity index (χ2v) is 7.65. The van der Waals surface area contributed by atoms with E-state index in [1.807, 2.05) is 6.07 Å². The molecule has 6 heteroatoms. The van der Waals surface area contributed by atoms with Crippen molar-refractivity contribution < 1.29 is 9.13 Å². The molecule has 2 aliphatic heterocycles. The number of aromatic nitrogens is 1. The first kappa shape index (κ1) is 20.3. The van der Waals surface area contributed by atoms with Gasteiger partial charge in [-0.2, -0.15) is 0 Å². The number of pyridine rings is 1. The first-order valence-electron chi connectivity index (χ1n) is 9.91. The van der Waals surface area contributed by atoms with E-state index < -0.39 is 0 Å². The van der Waals surface area contributed by atoms with Gasteiger partial charge < -0.3 is 15.0 Å². The number of nitrogens with zero attached hydrogens (tertiary/aromatic N) is 2. The van der Waals surface area contributed by atoms with Crippen molar-refractivity contribution in [1.29, 1.82) is 0 Å². The van der Waals surface area contributed by atoms with Crippen LogP contribution in [0.4, 0.5) is 4.39 Å². The van der Waals surface area contributed by atoms with Gasteiger partial charge in [0.15, 0.2) is 11.6 Å². The molecule has 2 fully saturated rings. The van der Waals surface area contributed by atoms with Gasteiger partial charge >= 0.3 is 0 Å². The first-order chi connectivity index (χ1) is 12.8. The van der Waals surface area contributed by atoms with Gasteiger partial charge in [0.2, 0.25) is 0 Å². The molecule has 0 aliphatic carbocycles. The van der Waals surface area contributed by atoms with Crippen LogP contribution in [0.25, 0.3) is 10.8 Å². The number of likely N-dealkylation sites (tertiary alicyclic amines) is 1. The standard InChI is InChI=1S/C21H28FN3O.ClH/c22-20-13-18-15-24-9-3-17(18)14-21(20)26-19-5-11-25(12-6-19)10-4-16-1-7-23-8-2-16;/h3,9,13-16,19,23H,1-2,4-8,10-12H2;1H. The Balaban J connectivity index is 0.00000210. The van der Waals surface area contributed by atoms with Gasteiger partial charge in [0, 0.05) is 30.9 Å². The predicted molar refractivity (Wildman–Crippen MR) is 109 cm³/mol. The summed E-state index contributed by atoms with van der Waals surface area (Å²) in [5, 5.41) is 5.21. The van der Waals surface area contributed by atoms with Crippen LogP contribution in [0.15, 0.2) is 30.6 Å². The van der Waals surface area contributed by atoms with E-state index in [1.54, 1.807) is 18.5 Å². The molecule has 4 rings (SSSR count). The molecule has 1 aromatic carbocycles. The van der Waals surface area contributed by atoms with Gasteiger partial charge in [-0.25, -0.2) is 4.39 Å². The minimum absolute atomic E-state index is 0. The topological polar surface area (TPSA) is 37.4 Å². The summed E-state index contributed by atoms with van der Waals surface area (Å²) in [6, 6.07) is 5.21. The third kappa shape index (κ3) is 5.31. The van der Waals surface area contributed by atoms with E-state index in [1.165, 1.54) is 45.0 Å². The molecule has 0 radical (unpaired) electrons. The molecule has 1 N–H and O–H groups in total. The molecule has 0 bridgehead atoms. The summed E-state index contributed by atoms with van der Waals surface area (Å²) >= 11 is 0. The maximum atomic E-state index is 14.3. The van der Waals surface area contributed by atoms with Crippen molar-refractivity contribution in [3.8, 4) is 5.75 Å². The Morgan fingerprint density at radius 2 is 1.89 bits per heavy atom. The normalized spacial score (nSPS) is 19.7. The summed E-state index contributed by atoms with van der Waals surface area (Å²) in [7, 11) is 0. The molecule has 3 heterocycles. The fraction of sp³-hybridized carbons (Fsp3) is 0.571. The Kier molecular flexibility index (Phi) is 7.27. The first-order valence-corrected chi connectivity index (χ1v) is 9.91. The molecule has 2 aliphatic rings. The highest BCUT2D eigenvalue weighted by Gasteiger charge is 2.23. The molecule has 0 atom stereocenters. The zero-order chi connectivity index (χ0) is 17.8. The van der Waals surface area contributed by atoms with E-state index in [2.05, 4.69) is 15.2 Å². The van der Waals surface area contributed by atoms with E-state index in [4.69, 9.17) is 4.74 Å². The summed E-state index contributed by atoms with van der Waals surface area (Å²) in [5.41, 5.74) is 0. The molecule has 2 aromatic rings. The zero-order valence-electron chi connectivity index (χ0n) is 15.7. The second-order valence-electron chi connectivity index (χ2n) is 7.65. The average molecular weight is 394 g/mol. The zero-order valence-corrected chi connectivity index (χ0v) is 16.5. The summed E-state index contributed by atoms with van der Waals surface area (Å²) in [6.45, 7) is 5.64. The SMILES string of the molecule is Cl.Fc1cc2cnccc2cc1OC1CCN(CCC2CCNCC2)CC1. The second kappa shape index (κ2) is 9.67. The molecule has 0 spiro atoms. The third-order valence-electron chi connectivity index (χ3n) is 5.83. The van der Waals surface area contributed by atoms with Crippen molar-refractivity contribution in [2.45, 2.75) is 38.2 Å². The monoisotopic (exact) mass is 393 g/mol. The van der Waals surface area contributed by atoms with Gasteiger partial charge in [0.25, 0.3) is 0 Å². The van der Waals surface area contributed by atoms with E-state index in [9.17, 15) is 4.39 Å². The molecule has 27 heavy (non-hydrogen) atoms. The number of nitrogens with one attached hydrogen (secondary N) is 1. The van der Waals surface area contributed by atoms with Crippen LogP contribution in [0.2, 0.25) is 0 Å². The molecule has 4 nitrogen and oxygen atoms in total. The van der Waals surface area contributed by atoms with Gasteiger partial charge in [-0.05, 0) is 81.2 Å². The minimum atomic E-state index is -0.293. The van der Waals surface area contributed by atoms with Gasteiger partial charge in [-0.3, -0.25) is 4.98 Å². The highest BCUT2D eigenvalue weighted by molar-refractivity contribution is 5.85. The number of rotatable bonds is 5. The fourth-order valence-corrected chi connectivity index (χ4v) is 4.14. The molecule has 148 valence electrons. The fourth-order valence-electron chi connectivity index (χ4n) is 4.14. The van der Waals surface area contributed by atoms with Gasteiger partial charge in [0.05, 0.1) is 0 Å². The number of fused-ring (bicyclic) bond motifs is 1. The highest BCUT2D eigenvalue weighted by atomic mass is 35.5. The van der Waals surface area contributed by atoms with Crippen molar-refractivity contribution >= 4 is 23.2 Å². The van der Waals surface area contributed by atoms with Crippen molar-refractivity contribution in [2.24, 2.45) is 5.92 Å². The third-order valence-corrected chi connectivity index (χ3v) is 5.83. The Bertz CT molecular complexity index is 730. The van der Waals surface area contributed by atoms with Crippen molar-refractivity contribution in [3.05, 3.63) is 36.4 Å². The Hall–Kier alpha value is -1.43. The van der Waals surface area contributed by atoms with Crippen molar-refractivity contribution in [2.75, 3.05) is 32.7 Å². The smallest absolute Gasteiger partial charge is 0.165 e. The van der Waals surface area contributed by atoms with Crippen LogP contribution in [0.1, 0.15) is 32.1 Å². The molecule has 0 saturated carbocycles. The van der Waals surface area contributed by atoms with Gasteiger partial charge in [-0.1, -0.05) is 0 Å². The average Bonchev–Trinajstić information content (AvgIpc) is 2.69. The van der Waals surface area contributed by atoms with Crippen molar-refractivity contribution in [1.82, 2.24) is 15.2 Å². The molecule has 0 amide bonds. The van der Waals surface area contributed by atoms with Crippen LogP contribution in [0.3, 0.4) is 0 Å². The lowest BCUT2D eigenvalue weighted by molar-refractivity contribution is 0.0929. The van der Waals surface area contributed by atoms with Crippen LogP contribution in [0.5, 0.6) is 5.75 Å². The minimum Gasteiger partial charge on any atom is -0.487 e. The van der Waals surface area contributed by atoms with Crippen molar-refractivity contribution in [3.63, 3.8) is 0 Å². The predicted octanol–water partition coefficient (Wildman–Crippen LogP) is 4.03. The molecule has 0 unspecified atom stereocenters. The van der Waals surface area contributed by atoms with Gasteiger partial charge in [0.1, 0.15) is 6.10 Å². The Morgan fingerprint density at radius 1 is 1.11 bits per heavy atom. The number of hydrogen-bond donors (Lipinski definition) is 1. The van der Waals surface area contributed by atoms with Crippen LogP contribution >= 0.6 is 12.4 Å². The molecule has 1 aromatic heterocycles. The van der Waals surface area contributed by atoms with E-state index in [0.29, 0.717) is 5.75 Å². The molecular formula is C21H29ClFN3O. The van der Waals surface area contributed by atoms with E-state index >= 15 is 0 Å². The Labute approximate surface area is 166 Å². The van der Waals surface area contributed by atoms with E-state index in [0.717, 1.165) is 42.6 Å². The molecular weight excluding hydrogens is 365 g/mol. The van der Waals surface area contributed by atoms with Crippen LogP contribution < -0.4 is 10.1 Å². The summed E-state index contributed by atoms with van der Waals surface area (Å²) in [4.78, 5) is 6.59. The maximum absolute atomic E-state index is 14.3. The number of hydrogen-bond acceptors (Lipinski definition) is 4. The lowest BCUT2D eigenvalue weighted by Crippen LogP contribution is -2.39. The number of halogens is 2. The van der Waals surface area contributed by atoms with Crippen LogP contribution in [-0.4, -0.2) is 48.7 Å². The molecule has 2 saturated heterocycles. The summed E-state index contributed by atoms with van der Waals surface area (Å²) in [6.07, 6.45) is 9.40. The maximum Gasteiger partial charge on any atom is 0.165 e. The number of benzene rings is 1. The highest BCUT2D eigenvalue weighted by Crippen LogP contribution is 2.27.